The first kappa shape index (κ1) is 24.6. The molecule has 0 saturated carbocycles. The Morgan fingerprint density at radius 1 is 0.700 bits per heavy atom. The maximum absolute atomic E-state index is 14.7. The normalized spacial score (nSPS) is 17.2. The maximum atomic E-state index is 14.7. The predicted molar refractivity (Wildman–Crippen MR) is 170 cm³/mol. The van der Waals surface area contributed by atoms with Crippen molar-refractivity contribution < 1.29 is 4.57 Å². The van der Waals surface area contributed by atoms with Crippen LogP contribution in [-0.2, 0) is 4.57 Å². The standard InChI is InChI=1S/C36H29N2OP/c39-40(30-15-3-1-4-16-30,31-17-5-2-6-18-31)36-37-24-29(25-38-36)26-13-11-14-27(22-26)35-23-28-12-7-8-19-32(28)33-20-9-10-21-34(33)35/h1-10,12-13,15-25,36-37H,11,14H2. The lowest BCUT2D eigenvalue weighted by atomic mass is 9.87. The second-order valence-corrected chi connectivity index (χ2v) is 13.1. The summed E-state index contributed by atoms with van der Waals surface area (Å²) in [6.45, 7) is 0. The van der Waals surface area contributed by atoms with Crippen LogP contribution in [0.2, 0.25) is 0 Å². The van der Waals surface area contributed by atoms with Crippen molar-refractivity contribution in [2.45, 2.75) is 18.7 Å². The fraction of sp³-hybridized carbons (Fsp3) is 0.0833. The summed E-state index contributed by atoms with van der Waals surface area (Å²) in [5.41, 5.74) is 4.76. The van der Waals surface area contributed by atoms with E-state index in [1.165, 1.54) is 32.7 Å². The Morgan fingerprint density at radius 2 is 1.32 bits per heavy atom. The lowest BCUT2D eigenvalue weighted by Gasteiger charge is -2.28. The summed E-state index contributed by atoms with van der Waals surface area (Å²) in [4.78, 5) is 4.86. The van der Waals surface area contributed by atoms with Gasteiger partial charge in [0.15, 0.2) is 13.0 Å². The molecule has 3 nitrogen and oxygen atoms in total. The van der Waals surface area contributed by atoms with E-state index in [1.54, 1.807) is 0 Å². The van der Waals surface area contributed by atoms with E-state index in [0.717, 1.165) is 34.6 Å². The lowest BCUT2D eigenvalue weighted by Crippen LogP contribution is -2.35. The van der Waals surface area contributed by atoms with Gasteiger partial charge in [-0.05, 0) is 57.2 Å². The zero-order valence-electron chi connectivity index (χ0n) is 22.1. The van der Waals surface area contributed by atoms with Gasteiger partial charge in [0.05, 0.1) is 0 Å². The third-order valence-electron chi connectivity index (χ3n) is 7.92. The Labute approximate surface area is 234 Å². The van der Waals surface area contributed by atoms with Gasteiger partial charge in [-0.25, -0.2) is 0 Å². The van der Waals surface area contributed by atoms with Crippen molar-refractivity contribution in [3.05, 3.63) is 150 Å². The lowest BCUT2D eigenvalue weighted by molar-refractivity contribution is 0.572. The van der Waals surface area contributed by atoms with Crippen LogP contribution in [-0.4, -0.2) is 12.1 Å². The molecule has 1 aliphatic carbocycles. The summed E-state index contributed by atoms with van der Waals surface area (Å²) in [5, 5.41) is 10.1. The number of aliphatic imine (C=N–C) groups is 1. The minimum atomic E-state index is -3.07. The number of nitrogens with one attached hydrogen (secondary N) is 1. The van der Waals surface area contributed by atoms with Crippen LogP contribution in [0.3, 0.4) is 0 Å². The average Bonchev–Trinajstić information content (AvgIpc) is 3.05. The molecule has 0 fully saturated rings. The third-order valence-corrected chi connectivity index (χ3v) is 11.0. The summed E-state index contributed by atoms with van der Waals surface area (Å²) in [7, 11) is -3.07. The van der Waals surface area contributed by atoms with E-state index >= 15 is 0 Å². The van der Waals surface area contributed by atoms with E-state index in [9.17, 15) is 4.57 Å². The van der Waals surface area contributed by atoms with Crippen molar-refractivity contribution >= 4 is 51.1 Å². The Kier molecular flexibility index (Phi) is 6.30. The summed E-state index contributed by atoms with van der Waals surface area (Å²) in [5.74, 6) is -0.557. The molecular formula is C36H29N2OP. The molecule has 194 valence electrons. The molecule has 0 spiro atoms. The highest BCUT2D eigenvalue weighted by Gasteiger charge is 2.37. The monoisotopic (exact) mass is 536 g/mol. The molecule has 5 aromatic rings. The van der Waals surface area contributed by atoms with E-state index in [0.29, 0.717) is 0 Å². The quantitative estimate of drug-likeness (QED) is 0.183. The van der Waals surface area contributed by atoms with Crippen molar-refractivity contribution in [3.63, 3.8) is 0 Å². The zero-order valence-corrected chi connectivity index (χ0v) is 23.0. The van der Waals surface area contributed by atoms with Crippen molar-refractivity contribution in [3.8, 4) is 0 Å². The molecule has 0 aromatic heterocycles. The molecule has 0 saturated heterocycles. The van der Waals surface area contributed by atoms with Gasteiger partial charge < -0.3 is 9.88 Å². The van der Waals surface area contributed by atoms with Gasteiger partial charge in [-0.15, -0.1) is 0 Å². The number of hydrogen-bond acceptors (Lipinski definition) is 3. The SMILES string of the molecule is O=P(c1ccccc1)(c1ccccc1)C1N=CC(C2=CCCC(c3cc4ccccc4c4ccccc34)=C2)=CN1. The highest BCUT2D eigenvalue weighted by atomic mass is 31.2. The molecule has 1 N–H and O–H groups in total. The van der Waals surface area contributed by atoms with Crippen LogP contribution in [0.4, 0.5) is 0 Å². The van der Waals surface area contributed by atoms with Crippen molar-refractivity contribution in [1.29, 1.82) is 0 Å². The molecule has 2 aliphatic rings. The van der Waals surface area contributed by atoms with Crippen LogP contribution in [0.1, 0.15) is 18.4 Å². The summed E-state index contributed by atoms with van der Waals surface area (Å²) < 4.78 is 14.7. The molecule has 7 rings (SSSR count). The minimum absolute atomic E-state index is 0.557. The average molecular weight is 537 g/mol. The molecule has 1 atom stereocenters. The van der Waals surface area contributed by atoms with Gasteiger partial charge in [-0.2, -0.15) is 0 Å². The van der Waals surface area contributed by atoms with Gasteiger partial charge in [-0.1, -0.05) is 121 Å². The number of rotatable bonds is 5. The highest BCUT2D eigenvalue weighted by molar-refractivity contribution is 7.79. The molecular weight excluding hydrogens is 507 g/mol. The van der Waals surface area contributed by atoms with Crippen LogP contribution in [0, 0.1) is 0 Å². The van der Waals surface area contributed by atoms with Crippen LogP contribution in [0.5, 0.6) is 0 Å². The number of fused-ring (bicyclic) bond motifs is 3. The number of nitrogens with zero attached hydrogens (tertiary/aromatic N) is 1. The predicted octanol–water partition coefficient (Wildman–Crippen LogP) is 7.95. The van der Waals surface area contributed by atoms with Crippen molar-refractivity contribution in [2.24, 2.45) is 4.99 Å². The van der Waals surface area contributed by atoms with Gasteiger partial charge in [0.2, 0.25) is 0 Å². The topological polar surface area (TPSA) is 41.5 Å². The van der Waals surface area contributed by atoms with Crippen LogP contribution < -0.4 is 15.9 Å². The van der Waals surface area contributed by atoms with Gasteiger partial charge >= 0.3 is 0 Å². The number of benzene rings is 5. The first-order valence-corrected chi connectivity index (χ1v) is 15.5. The fourth-order valence-electron chi connectivity index (χ4n) is 5.92. The van der Waals surface area contributed by atoms with Gasteiger partial charge in [-0.3, -0.25) is 4.99 Å². The second-order valence-electron chi connectivity index (χ2n) is 10.3. The Hall–Kier alpha value is -4.46. The van der Waals surface area contributed by atoms with E-state index in [2.05, 4.69) is 72.1 Å². The molecule has 0 bridgehead atoms. The zero-order chi connectivity index (χ0) is 26.9. The molecule has 1 unspecified atom stereocenters. The Balaban J connectivity index is 1.23. The van der Waals surface area contributed by atoms with Crippen molar-refractivity contribution in [1.82, 2.24) is 5.32 Å². The molecule has 40 heavy (non-hydrogen) atoms. The van der Waals surface area contributed by atoms with Crippen LogP contribution in [0.15, 0.2) is 150 Å². The molecule has 4 heteroatoms. The van der Waals surface area contributed by atoms with Gasteiger partial charge in [0.1, 0.15) is 0 Å². The van der Waals surface area contributed by atoms with E-state index in [-0.39, 0.29) is 0 Å². The molecule has 0 radical (unpaired) electrons. The van der Waals surface area contributed by atoms with E-state index in [4.69, 9.17) is 4.99 Å². The van der Waals surface area contributed by atoms with E-state index < -0.39 is 13.0 Å². The maximum Gasteiger partial charge on any atom is 0.185 e. The van der Waals surface area contributed by atoms with Gasteiger partial charge in [0.25, 0.3) is 0 Å². The number of allylic oxidation sites excluding steroid dienone is 5. The van der Waals surface area contributed by atoms with Crippen LogP contribution >= 0.6 is 7.14 Å². The van der Waals surface area contributed by atoms with Gasteiger partial charge in [0, 0.05) is 28.6 Å². The number of hydrogen-bond donors (Lipinski definition) is 1. The van der Waals surface area contributed by atoms with Crippen molar-refractivity contribution in [2.75, 3.05) is 0 Å². The molecule has 1 heterocycles. The molecule has 0 amide bonds. The molecule has 1 aliphatic heterocycles. The summed E-state index contributed by atoms with van der Waals surface area (Å²) in [6.07, 6.45) is 10.4. The fourth-order valence-corrected chi connectivity index (χ4v) is 8.55. The first-order valence-electron chi connectivity index (χ1n) is 13.7. The Bertz CT molecular complexity index is 1860. The minimum Gasteiger partial charge on any atom is -0.363 e. The summed E-state index contributed by atoms with van der Waals surface area (Å²) >= 11 is 0. The third kappa shape index (κ3) is 4.24. The first-order chi connectivity index (χ1) is 19.7. The Morgan fingerprint density at radius 3 is 2.00 bits per heavy atom. The summed E-state index contributed by atoms with van der Waals surface area (Å²) in [6, 6.07) is 39.1. The second kappa shape index (κ2) is 10.3. The highest BCUT2D eigenvalue weighted by Crippen LogP contribution is 2.49. The van der Waals surface area contributed by atoms with E-state index in [1.807, 2.05) is 73.1 Å². The molecule has 5 aromatic carbocycles. The largest absolute Gasteiger partial charge is 0.363 e. The smallest absolute Gasteiger partial charge is 0.185 e. The van der Waals surface area contributed by atoms with Crippen LogP contribution in [0.25, 0.3) is 27.1 Å².